The van der Waals surface area contributed by atoms with Gasteiger partial charge in [-0.05, 0) is 45.8 Å². The van der Waals surface area contributed by atoms with E-state index in [4.69, 9.17) is 22.1 Å². The van der Waals surface area contributed by atoms with Crippen LogP contribution in [0.2, 0.25) is 4.34 Å². The lowest BCUT2D eigenvalue weighted by atomic mass is 10.1. The molecule has 0 aromatic carbocycles. The smallest absolute Gasteiger partial charge is 0.410 e. The van der Waals surface area contributed by atoms with Crippen LogP contribution in [0.1, 0.15) is 38.5 Å². The van der Waals surface area contributed by atoms with Crippen LogP contribution in [0, 0.1) is 0 Å². The summed E-state index contributed by atoms with van der Waals surface area (Å²) in [6, 6.07) is 0.421. The molecule has 30 heavy (non-hydrogen) atoms. The number of ether oxygens (including phenoxy) is 1. The maximum absolute atomic E-state index is 12.5. The van der Waals surface area contributed by atoms with Crippen molar-refractivity contribution in [3.63, 3.8) is 0 Å². The fourth-order valence-electron chi connectivity index (χ4n) is 2.88. The zero-order valence-corrected chi connectivity index (χ0v) is 19.5. The van der Waals surface area contributed by atoms with Crippen molar-refractivity contribution in [3.8, 4) is 0 Å². The summed E-state index contributed by atoms with van der Waals surface area (Å²) < 4.78 is 33.3. The van der Waals surface area contributed by atoms with Crippen LogP contribution < -0.4 is 15.8 Å². The first-order valence-electron chi connectivity index (χ1n) is 9.35. The van der Waals surface area contributed by atoms with Crippen LogP contribution in [0.4, 0.5) is 15.3 Å². The number of halogens is 1. The van der Waals surface area contributed by atoms with Gasteiger partial charge < -0.3 is 20.7 Å². The van der Waals surface area contributed by atoms with E-state index in [0.717, 1.165) is 0 Å². The second-order valence-electron chi connectivity index (χ2n) is 7.88. The molecule has 4 N–H and O–H groups in total. The van der Waals surface area contributed by atoms with Crippen LogP contribution in [0.3, 0.4) is 0 Å². The van der Waals surface area contributed by atoms with E-state index in [2.05, 4.69) is 10.0 Å². The maximum Gasteiger partial charge on any atom is 0.410 e. The normalized spacial score (nSPS) is 17.9. The Morgan fingerprint density at radius 3 is 2.77 bits per heavy atom. The molecular weight excluding hydrogens is 452 g/mol. The minimum absolute atomic E-state index is 0.255. The number of nitrogens with two attached hydrogens (primary N) is 1. The molecule has 3 amide bonds. The molecule has 0 radical (unpaired) electrons. The molecule has 1 fully saturated rings. The predicted octanol–water partition coefficient (Wildman–Crippen LogP) is 3.22. The monoisotopic (exact) mass is 478 g/mol. The zero-order chi connectivity index (χ0) is 22.5. The van der Waals surface area contributed by atoms with Gasteiger partial charge in [0.2, 0.25) is 10.0 Å². The summed E-state index contributed by atoms with van der Waals surface area (Å²) >= 11 is 7.13. The molecule has 0 saturated carbocycles. The number of rotatable bonds is 6. The number of carbonyl (C=O) groups excluding carboxylic acids is 2. The van der Waals surface area contributed by atoms with Crippen LogP contribution in [-0.2, 0) is 14.8 Å². The van der Waals surface area contributed by atoms with Gasteiger partial charge in [-0.3, -0.25) is 0 Å². The Balaban J connectivity index is 1.94. The highest BCUT2D eigenvalue weighted by atomic mass is 35.5. The van der Waals surface area contributed by atoms with Gasteiger partial charge in [-0.25, -0.2) is 22.7 Å². The van der Waals surface area contributed by atoms with Crippen molar-refractivity contribution in [1.82, 2.24) is 9.62 Å². The van der Waals surface area contributed by atoms with Gasteiger partial charge in [-0.1, -0.05) is 17.7 Å². The maximum atomic E-state index is 12.5. The molecule has 1 atom stereocenters. The van der Waals surface area contributed by atoms with Crippen molar-refractivity contribution >= 4 is 56.8 Å². The van der Waals surface area contributed by atoms with Gasteiger partial charge in [-0.15, -0.1) is 11.3 Å². The van der Waals surface area contributed by atoms with Crippen molar-refractivity contribution < 1.29 is 22.7 Å². The van der Waals surface area contributed by atoms with Gasteiger partial charge in [0.1, 0.15) is 5.60 Å². The second kappa shape index (κ2) is 9.99. The third kappa shape index (κ3) is 8.13. The zero-order valence-electron chi connectivity index (χ0n) is 17.1. The first-order valence-corrected chi connectivity index (χ1v) is 12.2. The van der Waals surface area contributed by atoms with Crippen molar-refractivity contribution in [1.29, 1.82) is 0 Å². The molecule has 9 nitrogen and oxygen atoms in total. The third-order valence-corrected chi connectivity index (χ3v) is 6.55. The van der Waals surface area contributed by atoms with Crippen LogP contribution in [0.15, 0.2) is 12.1 Å². The number of anilines is 1. The van der Waals surface area contributed by atoms with E-state index in [0.29, 0.717) is 34.3 Å². The number of amides is 3. The Kier molecular flexibility index (Phi) is 8.14. The summed E-state index contributed by atoms with van der Waals surface area (Å²) in [6.07, 6.45) is 3.89. The molecule has 1 aromatic heterocycles. The van der Waals surface area contributed by atoms with Crippen molar-refractivity contribution in [2.75, 3.05) is 24.2 Å². The Hall–Kier alpha value is -1.82. The van der Waals surface area contributed by atoms with E-state index in [1.54, 1.807) is 26.8 Å². The van der Waals surface area contributed by atoms with Gasteiger partial charge in [-0.2, -0.15) is 0 Å². The topological polar surface area (TPSA) is 131 Å². The first kappa shape index (κ1) is 24.4. The van der Waals surface area contributed by atoms with E-state index in [1.807, 2.05) is 0 Å². The quantitative estimate of drug-likeness (QED) is 0.577. The lowest BCUT2D eigenvalue weighted by molar-refractivity contribution is 0.0195. The number of hydrogen-bond acceptors (Lipinski definition) is 6. The molecule has 2 rings (SSSR count). The molecule has 12 heteroatoms. The molecule has 1 aliphatic heterocycles. The second-order valence-corrected chi connectivity index (χ2v) is 11.4. The summed E-state index contributed by atoms with van der Waals surface area (Å²) in [5.74, 6) is -0.262. The fraction of sp³-hybridized carbons (Fsp3) is 0.556. The van der Waals surface area contributed by atoms with Gasteiger partial charge >= 0.3 is 12.1 Å². The first-order chi connectivity index (χ1) is 13.8. The lowest BCUT2D eigenvalue weighted by Gasteiger charge is -2.34. The summed E-state index contributed by atoms with van der Waals surface area (Å²) in [5.41, 5.74) is 4.92. The molecule has 1 aromatic rings. The van der Waals surface area contributed by atoms with Crippen LogP contribution in [-0.4, -0.2) is 55.9 Å². The van der Waals surface area contributed by atoms with E-state index in [9.17, 15) is 18.0 Å². The van der Waals surface area contributed by atoms with Crippen LogP contribution in [0.25, 0.3) is 6.08 Å². The Labute approximate surface area is 185 Å². The third-order valence-electron chi connectivity index (χ3n) is 3.99. The minimum atomic E-state index is -3.62. The lowest BCUT2D eigenvalue weighted by Crippen LogP contribution is -2.50. The highest BCUT2D eigenvalue weighted by molar-refractivity contribution is 7.89. The number of primary amides is 1. The van der Waals surface area contributed by atoms with E-state index in [-0.39, 0.29) is 18.3 Å². The summed E-state index contributed by atoms with van der Waals surface area (Å²) in [6.45, 7) is 6.14. The van der Waals surface area contributed by atoms with Crippen LogP contribution >= 0.6 is 22.9 Å². The molecule has 0 spiro atoms. The van der Waals surface area contributed by atoms with Crippen molar-refractivity contribution in [2.45, 2.75) is 45.3 Å². The average Bonchev–Trinajstić information content (AvgIpc) is 2.91. The van der Waals surface area contributed by atoms with Gasteiger partial charge in [0, 0.05) is 19.1 Å². The van der Waals surface area contributed by atoms with Gasteiger partial charge in [0.05, 0.1) is 20.7 Å². The van der Waals surface area contributed by atoms with E-state index >= 15 is 0 Å². The van der Waals surface area contributed by atoms with Crippen molar-refractivity contribution in [2.24, 2.45) is 5.73 Å². The highest BCUT2D eigenvalue weighted by Gasteiger charge is 2.29. The molecule has 1 saturated heterocycles. The SMILES string of the molecule is CC(C)(C)OC(=O)N1CCCC(NS(=O)(=O)CC=Cc2sc(Cl)cc2NC(N)=O)C1. The number of nitrogens with zero attached hydrogens (tertiary/aromatic N) is 1. The number of hydrogen-bond donors (Lipinski definition) is 3. The molecular formula is C18H27ClN4O5S2. The van der Waals surface area contributed by atoms with Gasteiger partial charge in [0.15, 0.2) is 0 Å². The summed E-state index contributed by atoms with van der Waals surface area (Å²) in [4.78, 5) is 25.4. The standard InChI is InChI=1S/C18H27ClN4O5S2/c1-18(2,3)28-17(25)23-8-4-6-12(11-23)22-30(26,27)9-5-7-14-13(21-16(20)24)10-15(19)29-14/h5,7,10,12,22H,4,6,8-9,11H2,1-3H3,(H3,20,21,24). The Morgan fingerprint density at radius 2 is 2.13 bits per heavy atom. The van der Waals surface area contributed by atoms with Crippen molar-refractivity contribution in [3.05, 3.63) is 21.4 Å². The van der Waals surface area contributed by atoms with E-state index < -0.39 is 27.7 Å². The number of piperidine rings is 1. The number of likely N-dealkylation sites (tertiary alicyclic amines) is 1. The molecule has 1 unspecified atom stereocenters. The Morgan fingerprint density at radius 1 is 1.43 bits per heavy atom. The number of urea groups is 1. The number of nitrogens with one attached hydrogen (secondary N) is 2. The predicted molar refractivity (Wildman–Crippen MR) is 119 cm³/mol. The molecule has 0 aliphatic carbocycles. The average molecular weight is 479 g/mol. The van der Waals surface area contributed by atoms with E-state index in [1.165, 1.54) is 28.4 Å². The molecule has 1 aliphatic rings. The van der Waals surface area contributed by atoms with Gasteiger partial charge in [0.25, 0.3) is 0 Å². The summed E-state index contributed by atoms with van der Waals surface area (Å²) in [7, 11) is -3.62. The molecule has 2 heterocycles. The molecule has 0 bridgehead atoms. The fourth-order valence-corrected chi connectivity index (χ4v) is 5.15. The van der Waals surface area contributed by atoms with Crippen LogP contribution in [0.5, 0.6) is 0 Å². The summed E-state index contributed by atoms with van der Waals surface area (Å²) in [5, 5.41) is 2.44. The largest absolute Gasteiger partial charge is 0.444 e. The number of thiophene rings is 1. The highest BCUT2D eigenvalue weighted by Crippen LogP contribution is 2.32. The number of carbonyl (C=O) groups is 2. The minimum Gasteiger partial charge on any atom is -0.444 e. The molecule has 168 valence electrons. The Bertz CT molecular complexity index is 908. The number of sulfonamides is 1.